The number of carbonyl (C=O) groups excluding carboxylic acids is 2. The van der Waals surface area contributed by atoms with Crippen LogP contribution in [0.1, 0.15) is 142 Å². The minimum absolute atomic E-state index is 0.206. The summed E-state index contributed by atoms with van der Waals surface area (Å²) in [4.78, 5) is 26.1. The summed E-state index contributed by atoms with van der Waals surface area (Å²) < 4.78 is 11.9. The van der Waals surface area contributed by atoms with E-state index in [0.29, 0.717) is 12.3 Å². The molecule has 0 aromatic rings. The fraction of sp³-hybridized carbons (Fsp3) is 0.944. The van der Waals surface area contributed by atoms with Crippen LogP contribution in [-0.4, -0.2) is 93.9 Å². The fourth-order valence-corrected chi connectivity index (χ4v) is 7.79. The van der Waals surface area contributed by atoms with Gasteiger partial charge in [-0.25, -0.2) is 0 Å². The predicted molar refractivity (Wildman–Crippen MR) is 192 cm³/mol. The third-order valence-electron chi connectivity index (χ3n) is 9.87. The minimum Gasteiger partial charge on any atom is -0.456 e. The number of unbranched alkanes of at least 4 members (excludes halogenated alkanes) is 13. The number of nitrogens with one attached hydrogen (secondary N) is 2. The predicted octanol–water partition coefficient (Wildman–Crippen LogP) is 6.22. The number of halogens is 1. The lowest BCUT2D eigenvalue weighted by molar-refractivity contribution is -0.218. The highest BCUT2D eigenvalue weighted by Gasteiger charge is 2.50. The first kappa shape index (κ1) is 42.5. The standard InChI is InChI=1S/C36H67ClN2O7S/c1-4-5-6-7-8-9-10-11-12-13-14-15-16-20-29(41)45-34-32(43)31(42)33(46-36(34)47-3)30(26(2)37)39-35(44)28-22-21-27(23-24-38-28)19-17-18-25-40/h26-28,30-34,36,38,40,42-43H,4-25H2,1-3H3,(H,39,44). The van der Waals surface area contributed by atoms with Gasteiger partial charge in [-0.15, -0.1) is 23.4 Å². The molecule has 0 radical (unpaired) electrons. The molecule has 0 aromatic carbocycles. The molecule has 0 aliphatic carbocycles. The van der Waals surface area contributed by atoms with Gasteiger partial charge in [0.05, 0.1) is 17.5 Å². The Balaban J connectivity index is 1.76. The van der Waals surface area contributed by atoms with Crippen LogP contribution < -0.4 is 10.6 Å². The summed E-state index contributed by atoms with van der Waals surface area (Å²) in [6.45, 7) is 4.91. The van der Waals surface area contributed by atoms with Crippen LogP contribution >= 0.6 is 23.4 Å². The van der Waals surface area contributed by atoms with Crippen molar-refractivity contribution in [2.24, 2.45) is 5.92 Å². The molecule has 11 heteroatoms. The highest BCUT2D eigenvalue weighted by Crippen LogP contribution is 2.33. The number of hydrogen-bond acceptors (Lipinski definition) is 9. The van der Waals surface area contributed by atoms with E-state index < -0.39 is 53.3 Å². The van der Waals surface area contributed by atoms with Crippen LogP contribution in [0.5, 0.6) is 0 Å². The molecule has 0 spiro atoms. The third kappa shape index (κ3) is 16.3. The summed E-state index contributed by atoms with van der Waals surface area (Å²) in [5.74, 6) is -0.106. The molecule has 9 atom stereocenters. The zero-order valence-electron chi connectivity index (χ0n) is 29.5. The number of carbonyl (C=O) groups is 2. The van der Waals surface area contributed by atoms with Gasteiger partial charge in [-0.2, -0.15) is 0 Å². The molecule has 1 amide bonds. The van der Waals surface area contributed by atoms with Crippen molar-refractivity contribution < 1.29 is 34.4 Å². The fourth-order valence-electron chi connectivity index (χ4n) is 6.86. The van der Waals surface area contributed by atoms with E-state index in [1.165, 1.54) is 76.0 Å². The van der Waals surface area contributed by atoms with Gasteiger partial charge in [-0.3, -0.25) is 9.59 Å². The van der Waals surface area contributed by atoms with Gasteiger partial charge in [-0.05, 0) is 57.7 Å². The van der Waals surface area contributed by atoms with Gasteiger partial charge in [0.25, 0.3) is 0 Å². The van der Waals surface area contributed by atoms with E-state index in [-0.39, 0.29) is 18.9 Å². The Labute approximate surface area is 294 Å². The van der Waals surface area contributed by atoms with E-state index >= 15 is 0 Å². The van der Waals surface area contributed by atoms with Gasteiger partial charge < -0.3 is 35.4 Å². The van der Waals surface area contributed by atoms with Crippen molar-refractivity contribution >= 4 is 35.2 Å². The molecule has 276 valence electrons. The van der Waals surface area contributed by atoms with Gasteiger partial charge in [0, 0.05) is 13.0 Å². The highest BCUT2D eigenvalue weighted by molar-refractivity contribution is 7.99. The summed E-state index contributed by atoms with van der Waals surface area (Å²) in [6.07, 6.45) is 18.5. The van der Waals surface area contributed by atoms with Crippen LogP contribution in [0.15, 0.2) is 0 Å². The average molecular weight is 707 g/mol. The van der Waals surface area contributed by atoms with Gasteiger partial charge in [0.15, 0.2) is 6.10 Å². The number of rotatable bonds is 24. The zero-order valence-corrected chi connectivity index (χ0v) is 31.1. The van der Waals surface area contributed by atoms with E-state index in [4.69, 9.17) is 26.2 Å². The molecule has 2 fully saturated rings. The van der Waals surface area contributed by atoms with Crippen molar-refractivity contribution in [2.45, 2.75) is 190 Å². The first-order valence-electron chi connectivity index (χ1n) is 18.8. The van der Waals surface area contributed by atoms with Crippen LogP contribution in [0.4, 0.5) is 0 Å². The molecule has 2 heterocycles. The number of alkyl halides is 1. The zero-order chi connectivity index (χ0) is 34.4. The van der Waals surface area contributed by atoms with Crippen LogP contribution in [0.3, 0.4) is 0 Å². The molecule has 0 aromatic heterocycles. The van der Waals surface area contributed by atoms with Gasteiger partial charge in [-0.1, -0.05) is 96.8 Å². The van der Waals surface area contributed by atoms with E-state index in [1.54, 1.807) is 13.2 Å². The van der Waals surface area contributed by atoms with E-state index in [9.17, 15) is 19.8 Å². The van der Waals surface area contributed by atoms with Gasteiger partial charge >= 0.3 is 5.97 Å². The molecule has 9 nitrogen and oxygen atoms in total. The third-order valence-corrected chi connectivity index (χ3v) is 11.0. The second-order valence-electron chi connectivity index (χ2n) is 13.8. The molecule has 2 rings (SSSR count). The monoisotopic (exact) mass is 706 g/mol. The number of esters is 1. The van der Waals surface area contributed by atoms with Gasteiger partial charge in [0.2, 0.25) is 5.91 Å². The molecule has 2 aliphatic rings. The molecule has 0 bridgehead atoms. The van der Waals surface area contributed by atoms with Crippen molar-refractivity contribution in [2.75, 3.05) is 19.4 Å². The maximum absolute atomic E-state index is 13.4. The first-order valence-corrected chi connectivity index (χ1v) is 20.5. The summed E-state index contributed by atoms with van der Waals surface area (Å²) >= 11 is 7.82. The Hall–Kier alpha value is -0.620. The van der Waals surface area contributed by atoms with Crippen LogP contribution in [0.2, 0.25) is 0 Å². The SMILES string of the molecule is CCCCCCCCCCCCCCCC(=O)OC1C(SC)OC(C(NC(=O)C2CCC(CCCCO)CCN2)C(C)Cl)C(O)C1O. The van der Waals surface area contributed by atoms with Gasteiger partial charge in [0.1, 0.15) is 23.7 Å². The maximum Gasteiger partial charge on any atom is 0.306 e. The van der Waals surface area contributed by atoms with Crippen molar-refractivity contribution in [3.63, 3.8) is 0 Å². The summed E-state index contributed by atoms with van der Waals surface area (Å²) in [5.41, 5.74) is -0.723. The number of ether oxygens (including phenoxy) is 2. The van der Waals surface area contributed by atoms with E-state index in [0.717, 1.165) is 57.9 Å². The van der Waals surface area contributed by atoms with E-state index in [2.05, 4.69) is 17.6 Å². The Kier molecular flexibility index (Phi) is 22.9. The topological polar surface area (TPSA) is 137 Å². The number of amides is 1. The maximum atomic E-state index is 13.4. The molecule has 9 unspecified atom stereocenters. The van der Waals surface area contributed by atoms with Crippen LogP contribution in [0.25, 0.3) is 0 Å². The van der Waals surface area contributed by atoms with Crippen LogP contribution in [0, 0.1) is 5.92 Å². The Morgan fingerprint density at radius 2 is 1.53 bits per heavy atom. The quantitative estimate of drug-likeness (QED) is 0.0450. The summed E-state index contributed by atoms with van der Waals surface area (Å²) in [6, 6.07) is -1.16. The van der Waals surface area contributed by atoms with Crippen molar-refractivity contribution in [3.8, 4) is 0 Å². The lowest BCUT2D eigenvalue weighted by atomic mass is 9.92. The number of aliphatic hydroxyl groups is 3. The summed E-state index contributed by atoms with van der Waals surface area (Å²) in [7, 11) is 0. The molecular formula is C36H67ClN2O7S. The minimum atomic E-state index is -1.41. The normalized spacial score (nSPS) is 27.9. The summed E-state index contributed by atoms with van der Waals surface area (Å²) in [5, 5.41) is 37.1. The Bertz CT molecular complexity index is 839. The molecule has 0 saturated carbocycles. The smallest absolute Gasteiger partial charge is 0.306 e. The first-order chi connectivity index (χ1) is 22.7. The van der Waals surface area contributed by atoms with Crippen LogP contribution in [-0.2, 0) is 19.1 Å². The number of aliphatic hydroxyl groups excluding tert-OH is 3. The van der Waals surface area contributed by atoms with Crippen molar-refractivity contribution in [3.05, 3.63) is 0 Å². The highest BCUT2D eigenvalue weighted by atomic mass is 35.5. The average Bonchev–Trinajstić information content (AvgIpc) is 3.30. The number of thioether (sulfide) groups is 1. The Morgan fingerprint density at radius 3 is 2.11 bits per heavy atom. The van der Waals surface area contributed by atoms with Crippen molar-refractivity contribution in [1.29, 1.82) is 0 Å². The largest absolute Gasteiger partial charge is 0.456 e. The van der Waals surface area contributed by atoms with E-state index in [1.807, 2.05) is 0 Å². The molecule has 47 heavy (non-hydrogen) atoms. The lowest BCUT2D eigenvalue weighted by Crippen LogP contribution is -2.65. The lowest BCUT2D eigenvalue weighted by Gasteiger charge is -2.45. The molecule has 2 aliphatic heterocycles. The second kappa shape index (κ2) is 25.3. The molecule has 5 N–H and O–H groups in total. The number of hydrogen-bond donors (Lipinski definition) is 5. The molecular weight excluding hydrogens is 640 g/mol. The second-order valence-corrected chi connectivity index (χ2v) is 15.4. The Morgan fingerprint density at radius 1 is 0.915 bits per heavy atom. The van der Waals surface area contributed by atoms with Crippen molar-refractivity contribution in [1.82, 2.24) is 10.6 Å². The molecule has 2 saturated heterocycles.